The van der Waals surface area contributed by atoms with E-state index >= 15 is 0 Å². The number of nitrogens with zero attached hydrogens (tertiary/aromatic N) is 1. The smallest absolute Gasteiger partial charge is 0.430 e. The minimum Gasteiger partial charge on any atom is -0.475 e. The predicted molar refractivity (Wildman–Crippen MR) is 99.0 cm³/mol. The van der Waals surface area contributed by atoms with Crippen LogP contribution in [0.1, 0.15) is 23.6 Å². The Balaban J connectivity index is 1.60. The van der Waals surface area contributed by atoms with E-state index in [0.29, 0.717) is 17.5 Å². The van der Waals surface area contributed by atoms with Gasteiger partial charge in [-0.25, -0.2) is 4.79 Å². The van der Waals surface area contributed by atoms with Crippen molar-refractivity contribution in [1.29, 1.82) is 0 Å². The Morgan fingerprint density at radius 3 is 2.52 bits per heavy atom. The molecule has 0 spiro atoms. The van der Waals surface area contributed by atoms with Crippen LogP contribution in [0.5, 0.6) is 5.75 Å². The summed E-state index contributed by atoms with van der Waals surface area (Å²) in [4.78, 5) is 27.7. The largest absolute Gasteiger partial charge is 0.475 e. The summed E-state index contributed by atoms with van der Waals surface area (Å²) in [6.07, 6.45) is -8.86. The van der Waals surface area contributed by atoms with Gasteiger partial charge in [-0.2, -0.15) is 13.2 Å². The Morgan fingerprint density at radius 2 is 1.87 bits per heavy atom. The van der Waals surface area contributed by atoms with Crippen molar-refractivity contribution in [3.05, 3.63) is 39.3 Å². The van der Waals surface area contributed by atoms with Gasteiger partial charge >= 0.3 is 12.1 Å². The monoisotopic (exact) mass is 443 g/mol. The van der Waals surface area contributed by atoms with Crippen LogP contribution in [0.3, 0.4) is 0 Å². The number of hydrogen-bond acceptors (Lipinski definition) is 8. The van der Waals surface area contributed by atoms with Crippen LogP contribution in [-0.4, -0.2) is 55.9 Å². The van der Waals surface area contributed by atoms with Crippen molar-refractivity contribution in [3.63, 3.8) is 0 Å². The molecule has 0 N–H and O–H groups in total. The topological polar surface area (TPSA) is 92.7 Å². The number of rotatable bonds is 5. The predicted octanol–water partition coefficient (Wildman–Crippen LogP) is 3.04. The molecule has 168 valence electrons. The number of carbonyl (C=O) groups is 1. The maximum Gasteiger partial charge on any atom is 0.430 e. The maximum absolute atomic E-state index is 13.7. The SMILES string of the molecule is CCc1cc(C)cc2c1O[C@H](C(F)(F)F)C(C(=O)O[C@H]1CO[C@H]3[C@@H]1OC[C@H]3ON=O)=C2. The lowest BCUT2D eigenvalue weighted by atomic mass is 9.96. The van der Waals surface area contributed by atoms with Crippen LogP contribution in [-0.2, 0) is 30.3 Å². The van der Waals surface area contributed by atoms with Crippen LogP contribution in [0.4, 0.5) is 13.2 Å². The van der Waals surface area contributed by atoms with E-state index < -0.39 is 48.2 Å². The third-order valence-corrected chi connectivity index (χ3v) is 5.48. The van der Waals surface area contributed by atoms with Gasteiger partial charge in [-0.1, -0.05) is 13.0 Å². The normalized spacial score (nSPS) is 29.5. The summed E-state index contributed by atoms with van der Waals surface area (Å²) in [5.41, 5.74) is 1.17. The molecule has 3 heterocycles. The zero-order valence-corrected chi connectivity index (χ0v) is 16.7. The Kier molecular flexibility index (Phi) is 5.65. The number of aryl methyl sites for hydroxylation is 2. The first-order valence-electron chi connectivity index (χ1n) is 9.74. The van der Waals surface area contributed by atoms with Gasteiger partial charge in [0.25, 0.3) is 0 Å². The molecule has 8 nitrogen and oxygen atoms in total. The highest BCUT2D eigenvalue weighted by Gasteiger charge is 2.53. The highest BCUT2D eigenvalue weighted by molar-refractivity contribution is 5.96. The van der Waals surface area contributed by atoms with Gasteiger partial charge in [-0.05, 0) is 36.6 Å². The molecule has 0 bridgehead atoms. The van der Waals surface area contributed by atoms with Gasteiger partial charge in [0, 0.05) is 5.56 Å². The van der Waals surface area contributed by atoms with Crippen molar-refractivity contribution in [2.45, 2.75) is 57.0 Å². The van der Waals surface area contributed by atoms with E-state index in [1.807, 2.05) is 6.92 Å². The van der Waals surface area contributed by atoms with E-state index in [1.54, 1.807) is 19.1 Å². The van der Waals surface area contributed by atoms with Gasteiger partial charge in [-0.3, -0.25) is 0 Å². The Hall–Kier alpha value is -2.66. The lowest BCUT2D eigenvalue weighted by Crippen LogP contribution is -2.43. The first-order chi connectivity index (χ1) is 14.7. The van der Waals surface area contributed by atoms with E-state index in [1.165, 1.54) is 0 Å². The van der Waals surface area contributed by atoms with E-state index in [9.17, 15) is 22.9 Å². The standard InChI is InChI=1S/C20H20F3NO7/c1-3-10-4-9(2)5-11-6-12(18(20(21,22)23)30-15(10)11)19(25)29-13-7-27-17-14(31-24-26)8-28-16(13)17/h4-6,13-14,16-18H,3,7-8H2,1-2H3/t13-,14+,16+,17+,18-/m0/s1. The second-order valence-corrected chi connectivity index (χ2v) is 7.59. The van der Waals surface area contributed by atoms with Crippen LogP contribution in [0.2, 0.25) is 0 Å². The van der Waals surface area contributed by atoms with E-state index in [4.69, 9.17) is 18.9 Å². The van der Waals surface area contributed by atoms with Gasteiger partial charge in [0.15, 0.2) is 17.5 Å². The molecule has 5 atom stereocenters. The van der Waals surface area contributed by atoms with Crippen molar-refractivity contribution in [3.8, 4) is 5.75 Å². The minimum absolute atomic E-state index is 0.0153. The highest BCUT2D eigenvalue weighted by Crippen LogP contribution is 2.41. The van der Waals surface area contributed by atoms with Crippen molar-refractivity contribution in [1.82, 2.24) is 0 Å². The van der Waals surface area contributed by atoms with Crippen molar-refractivity contribution in [2.24, 2.45) is 5.34 Å². The Morgan fingerprint density at radius 1 is 1.19 bits per heavy atom. The summed E-state index contributed by atoms with van der Waals surface area (Å²) in [7, 11) is 0. The number of alkyl halides is 3. The first-order valence-corrected chi connectivity index (χ1v) is 9.74. The highest BCUT2D eigenvalue weighted by atomic mass is 19.4. The average Bonchev–Trinajstić information content (AvgIpc) is 3.29. The summed E-state index contributed by atoms with van der Waals surface area (Å²) < 4.78 is 62.7. The Bertz CT molecular complexity index is 917. The molecule has 2 fully saturated rings. The Labute approximate surface area is 175 Å². The number of benzene rings is 1. The van der Waals surface area contributed by atoms with Crippen molar-refractivity contribution < 1.29 is 41.8 Å². The zero-order chi connectivity index (χ0) is 22.3. The molecular formula is C20H20F3NO7. The number of fused-ring (bicyclic) bond motifs is 2. The zero-order valence-electron chi connectivity index (χ0n) is 16.7. The second-order valence-electron chi connectivity index (χ2n) is 7.59. The molecule has 1 aromatic carbocycles. The quantitative estimate of drug-likeness (QED) is 0.392. The summed E-state index contributed by atoms with van der Waals surface area (Å²) in [5, 5.41) is 2.35. The van der Waals surface area contributed by atoms with E-state index in [-0.39, 0.29) is 19.0 Å². The number of ether oxygens (including phenoxy) is 4. The molecule has 2 saturated heterocycles. The fourth-order valence-corrected chi connectivity index (χ4v) is 4.11. The van der Waals surface area contributed by atoms with Crippen LogP contribution in [0, 0.1) is 11.8 Å². The van der Waals surface area contributed by atoms with Gasteiger partial charge < -0.3 is 23.8 Å². The van der Waals surface area contributed by atoms with Gasteiger partial charge in [0.2, 0.25) is 6.10 Å². The van der Waals surface area contributed by atoms with Crippen molar-refractivity contribution >= 4 is 12.0 Å². The molecular weight excluding hydrogens is 423 g/mol. The molecule has 0 unspecified atom stereocenters. The van der Waals surface area contributed by atoms with E-state index in [2.05, 4.69) is 10.2 Å². The third kappa shape index (κ3) is 3.99. The summed E-state index contributed by atoms with van der Waals surface area (Å²) >= 11 is 0. The maximum atomic E-state index is 13.7. The summed E-state index contributed by atoms with van der Waals surface area (Å²) in [5.74, 6) is -1.07. The number of hydrogen-bond donors (Lipinski definition) is 0. The molecule has 11 heteroatoms. The van der Waals surface area contributed by atoms with Crippen LogP contribution in [0.25, 0.3) is 6.08 Å². The van der Waals surface area contributed by atoms with Crippen molar-refractivity contribution in [2.75, 3.05) is 13.2 Å². The average molecular weight is 443 g/mol. The molecule has 3 aliphatic heterocycles. The number of halogens is 3. The fourth-order valence-electron chi connectivity index (χ4n) is 4.11. The molecule has 0 amide bonds. The molecule has 0 aromatic heterocycles. The van der Waals surface area contributed by atoms with Gasteiger partial charge in [0.1, 0.15) is 18.0 Å². The van der Waals surface area contributed by atoms with Crippen LogP contribution >= 0.6 is 0 Å². The third-order valence-electron chi connectivity index (χ3n) is 5.48. The lowest BCUT2D eigenvalue weighted by molar-refractivity contribution is -0.189. The van der Waals surface area contributed by atoms with E-state index in [0.717, 1.165) is 11.6 Å². The molecule has 0 radical (unpaired) electrons. The minimum atomic E-state index is -4.83. The number of carbonyl (C=O) groups excluding carboxylic acids is 1. The molecule has 3 aliphatic rings. The first kappa shape index (κ1) is 21.6. The molecule has 0 aliphatic carbocycles. The summed E-state index contributed by atoms with van der Waals surface area (Å²) in [6, 6.07) is 3.40. The lowest BCUT2D eigenvalue weighted by Gasteiger charge is -2.30. The molecule has 0 saturated carbocycles. The van der Waals surface area contributed by atoms with Gasteiger partial charge in [0.05, 0.1) is 18.8 Å². The van der Waals surface area contributed by atoms with Crippen LogP contribution < -0.4 is 4.74 Å². The molecule has 4 rings (SSSR count). The second kappa shape index (κ2) is 8.12. The van der Waals surface area contributed by atoms with Crippen LogP contribution in [0.15, 0.2) is 23.0 Å². The number of esters is 1. The summed E-state index contributed by atoms with van der Waals surface area (Å²) in [6.45, 7) is 3.49. The van der Waals surface area contributed by atoms with Gasteiger partial charge in [-0.15, -0.1) is 4.91 Å². The molecule has 31 heavy (non-hydrogen) atoms. The fraction of sp³-hybridized carbons (Fsp3) is 0.550. The molecule has 1 aromatic rings.